The Bertz CT molecular complexity index is 332. The second kappa shape index (κ2) is 5.31. The summed E-state index contributed by atoms with van der Waals surface area (Å²) in [6, 6.07) is 0. The molecule has 2 fully saturated rings. The molecule has 1 unspecified atom stereocenters. The summed E-state index contributed by atoms with van der Waals surface area (Å²) in [4.78, 5) is 14.1. The predicted octanol–water partition coefficient (Wildman–Crippen LogP) is 2.78. The monoisotopic (exact) mass is 268 g/mol. The molecule has 0 aromatic rings. The third-order valence-corrected chi connectivity index (χ3v) is 4.39. The summed E-state index contributed by atoms with van der Waals surface area (Å²) in [6.45, 7) is 7.46. The molecule has 1 saturated heterocycles. The van der Waals surface area contributed by atoms with E-state index in [-0.39, 0.29) is 6.09 Å². The summed E-state index contributed by atoms with van der Waals surface area (Å²) in [5, 5.41) is 3.48. The SMILES string of the molecule is CNC1(C2CCCCN(C(=O)OC(C)(C)C)C2)CC1. The number of carbonyl (C=O) groups is 1. The molecule has 1 aliphatic carbocycles. The number of nitrogens with zero attached hydrogens (tertiary/aromatic N) is 1. The van der Waals surface area contributed by atoms with Gasteiger partial charge in [0.1, 0.15) is 5.60 Å². The van der Waals surface area contributed by atoms with Gasteiger partial charge in [-0.1, -0.05) is 6.42 Å². The van der Waals surface area contributed by atoms with Crippen molar-refractivity contribution in [2.24, 2.45) is 5.92 Å². The number of nitrogens with one attached hydrogen (secondary N) is 1. The first-order valence-corrected chi connectivity index (χ1v) is 7.53. The van der Waals surface area contributed by atoms with Crippen LogP contribution in [0.25, 0.3) is 0 Å². The van der Waals surface area contributed by atoms with E-state index in [1.165, 1.54) is 25.7 Å². The Balaban J connectivity index is 1.99. The topological polar surface area (TPSA) is 41.6 Å². The van der Waals surface area contributed by atoms with Gasteiger partial charge in [0, 0.05) is 18.6 Å². The first-order chi connectivity index (χ1) is 8.86. The minimum atomic E-state index is -0.404. The van der Waals surface area contributed by atoms with Gasteiger partial charge in [0.05, 0.1) is 0 Å². The molecule has 19 heavy (non-hydrogen) atoms. The summed E-state index contributed by atoms with van der Waals surface area (Å²) >= 11 is 0. The maximum absolute atomic E-state index is 12.2. The van der Waals surface area contributed by atoms with E-state index in [2.05, 4.69) is 12.4 Å². The van der Waals surface area contributed by atoms with Crippen molar-refractivity contribution in [3.05, 3.63) is 0 Å². The van der Waals surface area contributed by atoms with Crippen LogP contribution in [0, 0.1) is 5.92 Å². The highest BCUT2D eigenvalue weighted by molar-refractivity contribution is 5.68. The lowest BCUT2D eigenvalue weighted by molar-refractivity contribution is 0.0222. The van der Waals surface area contributed by atoms with Crippen LogP contribution < -0.4 is 5.32 Å². The third kappa shape index (κ3) is 3.62. The van der Waals surface area contributed by atoms with Gasteiger partial charge < -0.3 is 15.0 Å². The van der Waals surface area contributed by atoms with E-state index in [1.54, 1.807) is 0 Å². The summed E-state index contributed by atoms with van der Waals surface area (Å²) in [5.41, 5.74) is -0.107. The van der Waals surface area contributed by atoms with Crippen LogP contribution in [0.15, 0.2) is 0 Å². The van der Waals surface area contributed by atoms with E-state index in [0.29, 0.717) is 11.5 Å². The third-order valence-electron chi connectivity index (χ3n) is 4.39. The van der Waals surface area contributed by atoms with E-state index < -0.39 is 5.60 Å². The van der Waals surface area contributed by atoms with Crippen LogP contribution >= 0.6 is 0 Å². The molecule has 0 aromatic heterocycles. The van der Waals surface area contributed by atoms with Gasteiger partial charge in [0.25, 0.3) is 0 Å². The van der Waals surface area contributed by atoms with Crippen molar-refractivity contribution in [2.75, 3.05) is 20.1 Å². The Labute approximate surface area is 116 Å². The van der Waals surface area contributed by atoms with Crippen LogP contribution in [0.5, 0.6) is 0 Å². The molecule has 1 heterocycles. The molecular formula is C15H28N2O2. The highest BCUT2D eigenvalue weighted by Gasteiger charge is 2.48. The van der Waals surface area contributed by atoms with Crippen molar-refractivity contribution < 1.29 is 9.53 Å². The molecule has 1 saturated carbocycles. The molecule has 1 atom stereocenters. The van der Waals surface area contributed by atoms with E-state index in [1.807, 2.05) is 25.7 Å². The van der Waals surface area contributed by atoms with Crippen LogP contribution in [-0.2, 0) is 4.74 Å². The fourth-order valence-electron chi connectivity index (χ4n) is 3.08. The molecule has 1 N–H and O–H groups in total. The van der Waals surface area contributed by atoms with Crippen molar-refractivity contribution >= 4 is 6.09 Å². The summed E-state index contributed by atoms with van der Waals surface area (Å²) in [6.07, 6.45) is 5.88. The number of likely N-dealkylation sites (tertiary alicyclic amines) is 1. The van der Waals surface area contributed by atoms with Gasteiger partial charge >= 0.3 is 6.09 Å². The summed E-state index contributed by atoms with van der Waals surface area (Å²) in [7, 11) is 2.05. The van der Waals surface area contributed by atoms with Gasteiger partial charge in [0.2, 0.25) is 0 Å². The molecule has 0 aromatic carbocycles. The van der Waals surface area contributed by atoms with Gasteiger partial charge in [-0.2, -0.15) is 0 Å². The molecule has 0 spiro atoms. The number of amides is 1. The number of ether oxygens (including phenoxy) is 1. The van der Waals surface area contributed by atoms with Gasteiger partial charge in [-0.3, -0.25) is 0 Å². The fourth-order valence-corrected chi connectivity index (χ4v) is 3.08. The molecule has 4 nitrogen and oxygen atoms in total. The predicted molar refractivity (Wildman–Crippen MR) is 76.2 cm³/mol. The van der Waals surface area contributed by atoms with Crippen LogP contribution in [0.4, 0.5) is 4.79 Å². The molecule has 2 rings (SSSR count). The number of carbonyl (C=O) groups excluding carboxylic acids is 1. The number of hydrogen-bond donors (Lipinski definition) is 1. The maximum Gasteiger partial charge on any atom is 0.410 e. The molecule has 4 heteroatoms. The number of rotatable bonds is 2. The summed E-state index contributed by atoms with van der Waals surface area (Å²) < 4.78 is 5.51. The zero-order valence-corrected chi connectivity index (χ0v) is 12.8. The first-order valence-electron chi connectivity index (χ1n) is 7.53. The molecule has 1 amide bonds. The van der Waals surface area contributed by atoms with Gasteiger partial charge in [0.15, 0.2) is 0 Å². The fraction of sp³-hybridized carbons (Fsp3) is 0.933. The normalized spacial score (nSPS) is 26.7. The molecule has 0 bridgehead atoms. The molecular weight excluding hydrogens is 240 g/mol. The molecule has 0 radical (unpaired) electrons. The molecule has 1 aliphatic heterocycles. The van der Waals surface area contributed by atoms with E-state index in [0.717, 1.165) is 19.5 Å². The second-order valence-electron chi connectivity index (χ2n) is 7.03. The Morgan fingerprint density at radius 2 is 2.00 bits per heavy atom. The average molecular weight is 268 g/mol. The number of hydrogen-bond acceptors (Lipinski definition) is 3. The maximum atomic E-state index is 12.2. The second-order valence-corrected chi connectivity index (χ2v) is 7.03. The largest absolute Gasteiger partial charge is 0.444 e. The average Bonchev–Trinajstić information content (AvgIpc) is 3.11. The van der Waals surface area contributed by atoms with Crippen LogP contribution in [-0.4, -0.2) is 42.3 Å². The zero-order chi connectivity index (χ0) is 14.1. The van der Waals surface area contributed by atoms with Gasteiger partial charge in [-0.25, -0.2) is 4.79 Å². The lowest BCUT2D eigenvalue weighted by Crippen LogP contribution is -2.45. The van der Waals surface area contributed by atoms with Crippen molar-refractivity contribution in [2.45, 2.75) is 64.0 Å². The van der Waals surface area contributed by atoms with Crippen molar-refractivity contribution in [1.82, 2.24) is 10.2 Å². The lowest BCUT2D eigenvalue weighted by atomic mass is 9.92. The van der Waals surface area contributed by atoms with Crippen molar-refractivity contribution in [3.8, 4) is 0 Å². The Kier molecular flexibility index (Phi) is 4.09. The van der Waals surface area contributed by atoms with Crippen molar-refractivity contribution in [1.29, 1.82) is 0 Å². The van der Waals surface area contributed by atoms with E-state index >= 15 is 0 Å². The quantitative estimate of drug-likeness (QED) is 0.837. The Morgan fingerprint density at radius 3 is 2.53 bits per heavy atom. The minimum Gasteiger partial charge on any atom is -0.444 e. The Morgan fingerprint density at radius 1 is 1.32 bits per heavy atom. The van der Waals surface area contributed by atoms with E-state index in [4.69, 9.17) is 4.74 Å². The summed E-state index contributed by atoms with van der Waals surface area (Å²) in [5.74, 6) is 0.576. The van der Waals surface area contributed by atoms with E-state index in [9.17, 15) is 4.79 Å². The van der Waals surface area contributed by atoms with Gasteiger partial charge in [-0.15, -0.1) is 0 Å². The van der Waals surface area contributed by atoms with Crippen LogP contribution in [0.3, 0.4) is 0 Å². The smallest absolute Gasteiger partial charge is 0.410 e. The standard InChI is InChI=1S/C15H28N2O2/c1-14(2,3)19-13(18)17-10-6-5-7-12(11-17)15(16-4)8-9-15/h12,16H,5-11H2,1-4H3. The highest BCUT2D eigenvalue weighted by Crippen LogP contribution is 2.45. The van der Waals surface area contributed by atoms with Crippen LogP contribution in [0.1, 0.15) is 52.9 Å². The van der Waals surface area contributed by atoms with Gasteiger partial charge in [-0.05, 0) is 59.4 Å². The molecule has 2 aliphatic rings. The highest BCUT2D eigenvalue weighted by atomic mass is 16.6. The zero-order valence-electron chi connectivity index (χ0n) is 12.8. The lowest BCUT2D eigenvalue weighted by Gasteiger charge is -2.31. The van der Waals surface area contributed by atoms with Crippen molar-refractivity contribution in [3.63, 3.8) is 0 Å². The minimum absolute atomic E-state index is 0.147. The molecule has 110 valence electrons. The first kappa shape index (κ1) is 14.6. The Hall–Kier alpha value is -0.770. The van der Waals surface area contributed by atoms with Crippen LogP contribution in [0.2, 0.25) is 0 Å².